The van der Waals surface area contributed by atoms with E-state index in [0.29, 0.717) is 0 Å². The molecule has 0 fully saturated rings. The highest BCUT2D eigenvalue weighted by molar-refractivity contribution is 6.17. The smallest absolute Gasteiger partial charge is 0.207 e. The summed E-state index contributed by atoms with van der Waals surface area (Å²) >= 11 is 0. The van der Waals surface area contributed by atoms with E-state index in [4.69, 9.17) is 4.42 Å². The first-order valence-corrected chi connectivity index (χ1v) is 5.02. The summed E-state index contributed by atoms with van der Waals surface area (Å²) < 4.78 is 5.68. The van der Waals surface area contributed by atoms with Crippen molar-refractivity contribution in [2.75, 3.05) is 0 Å². The normalized spacial score (nSPS) is 11.8. The Morgan fingerprint density at radius 2 is 2.12 bits per heavy atom. The van der Waals surface area contributed by atoms with Crippen LogP contribution in [0.2, 0.25) is 0 Å². The van der Waals surface area contributed by atoms with Crippen LogP contribution in [0.1, 0.15) is 0 Å². The van der Waals surface area contributed by atoms with Gasteiger partial charge >= 0.3 is 0 Å². The minimum Gasteiger partial charge on any atom is -0.438 e. The molecule has 0 atom stereocenters. The van der Waals surface area contributed by atoms with E-state index in [1.54, 1.807) is 18.6 Å². The summed E-state index contributed by atoms with van der Waals surface area (Å²) in [6.07, 6.45) is 5.26. The molecule has 4 heterocycles. The van der Waals surface area contributed by atoms with Crippen LogP contribution in [0.4, 0.5) is 0 Å². The van der Waals surface area contributed by atoms with Crippen molar-refractivity contribution in [3.8, 4) is 0 Å². The summed E-state index contributed by atoms with van der Waals surface area (Å²) in [5.41, 5.74) is 2.42. The second-order valence-electron chi connectivity index (χ2n) is 3.70. The second kappa shape index (κ2) is 2.61. The van der Waals surface area contributed by atoms with Crippen LogP contribution in [0.15, 0.2) is 41.2 Å². The van der Waals surface area contributed by atoms with E-state index in [2.05, 4.69) is 15.0 Å². The number of aromatic nitrogens is 3. The van der Waals surface area contributed by atoms with Crippen molar-refractivity contribution in [3.63, 3.8) is 0 Å². The van der Waals surface area contributed by atoms with Gasteiger partial charge in [-0.3, -0.25) is 4.98 Å². The molecule has 76 valence electrons. The predicted molar refractivity (Wildman–Crippen MR) is 61.2 cm³/mol. The largest absolute Gasteiger partial charge is 0.438 e. The summed E-state index contributed by atoms with van der Waals surface area (Å²) in [4.78, 5) is 11.5. The molecular formula is C12H7N3O. The molecule has 16 heavy (non-hydrogen) atoms. The van der Waals surface area contributed by atoms with E-state index in [-0.39, 0.29) is 0 Å². The van der Waals surface area contributed by atoms with Gasteiger partial charge < -0.3 is 9.40 Å². The van der Waals surface area contributed by atoms with Crippen LogP contribution in [-0.2, 0) is 0 Å². The summed E-state index contributed by atoms with van der Waals surface area (Å²) in [6.45, 7) is 0. The van der Waals surface area contributed by atoms with Gasteiger partial charge in [0.05, 0.1) is 11.6 Å². The quantitative estimate of drug-likeness (QED) is 0.484. The highest BCUT2D eigenvalue weighted by atomic mass is 16.3. The van der Waals surface area contributed by atoms with Gasteiger partial charge in [-0.2, -0.15) is 0 Å². The fraction of sp³-hybridized carbons (Fsp3) is 0. The fourth-order valence-electron chi connectivity index (χ4n) is 2.12. The molecule has 1 N–H and O–H groups in total. The maximum atomic E-state index is 5.68. The molecule has 0 aliphatic heterocycles. The predicted octanol–water partition coefficient (Wildman–Crippen LogP) is 2.86. The number of hydrogen-bond donors (Lipinski definition) is 1. The Balaban J connectivity index is 2.38. The van der Waals surface area contributed by atoms with Crippen molar-refractivity contribution in [1.82, 2.24) is 15.0 Å². The molecule has 0 saturated carbocycles. The third-order valence-electron chi connectivity index (χ3n) is 2.80. The van der Waals surface area contributed by atoms with E-state index < -0.39 is 0 Å². The molecule has 0 unspecified atom stereocenters. The molecule has 0 spiro atoms. The standard InChI is InChI=1S/C12H7N3O/c1-2-8-10-7-3-5-13-6-9(7)16-12(10)15-11(8)14-4-1/h1-6H,(H,14,15). The lowest BCUT2D eigenvalue weighted by molar-refractivity contribution is 0.655. The van der Waals surface area contributed by atoms with Crippen LogP contribution in [0.3, 0.4) is 0 Å². The lowest BCUT2D eigenvalue weighted by atomic mass is 10.2. The molecule has 4 rings (SSSR count). The monoisotopic (exact) mass is 209 g/mol. The molecule has 0 saturated heterocycles. The number of aromatic amines is 1. The Kier molecular flexibility index (Phi) is 1.28. The zero-order valence-electron chi connectivity index (χ0n) is 8.27. The zero-order chi connectivity index (χ0) is 10.5. The van der Waals surface area contributed by atoms with Crippen molar-refractivity contribution in [3.05, 3.63) is 36.8 Å². The van der Waals surface area contributed by atoms with Gasteiger partial charge in [-0.05, 0) is 18.2 Å². The van der Waals surface area contributed by atoms with E-state index in [0.717, 1.165) is 33.1 Å². The average Bonchev–Trinajstić information content (AvgIpc) is 2.83. The lowest BCUT2D eigenvalue weighted by Crippen LogP contribution is -1.73. The van der Waals surface area contributed by atoms with Gasteiger partial charge in [0.25, 0.3) is 0 Å². The summed E-state index contributed by atoms with van der Waals surface area (Å²) in [6, 6.07) is 5.92. The summed E-state index contributed by atoms with van der Waals surface area (Å²) in [5, 5.41) is 3.24. The Labute approximate surface area is 89.9 Å². The Hall–Kier alpha value is -2.36. The van der Waals surface area contributed by atoms with Gasteiger partial charge in [0, 0.05) is 23.2 Å². The van der Waals surface area contributed by atoms with Crippen molar-refractivity contribution < 1.29 is 4.42 Å². The number of H-pyrrole nitrogens is 1. The first-order valence-electron chi connectivity index (χ1n) is 5.02. The van der Waals surface area contributed by atoms with Gasteiger partial charge in [-0.1, -0.05) is 0 Å². The zero-order valence-corrected chi connectivity index (χ0v) is 8.27. The summed E-state index contributed by atoms with van der Waals surface area (Å²) in [7, 11) is 0. The molecule has 4 nitrogen and oxygen atoms in total. The number of pyridine rings is 2. The first-order chi connectivity index (χ1) is 7.93. The second-order valence-corrected chi connectivity index (χ2v) is 3.70. The van der Waals surface area contributed by atoms with Crippen LogP contribution >= 0.6 is 0 Å². The molecular weight excluding hydrogens is 202 g/mol. The molecule has 0 aliphatic rings. The van der Waals surface area contributed by atoms with Crippen LogP contribution in [0.5, 0.6) is 0 Å². The Morgan fingerprint density at radius 1 is 1.12 bits per heavy atom. The number of furan rings is 1. The highest BCUT2D eigenvalue weighted by Gasteiger charge is 2.12. The molecule has 0 aromatic carbocycles. The maximum Gasteiger partial charge on any atom is 0.207 e. The molecule has 4 aromatic heterocycles. The highest BCUT2D eigenvalue weighted by Crippen LogP contribution is 2.32. The average molecular weight is 209 g/mol. The van der Waals surface area contributed by atoms with Crippen molar-refractivity contribution in [1.29, 1.82) is 0 Å². The van der Waals surface area contributed by atoms with Crippen LogP contribution in [0.25, 0.3) is 33.1 Å². The van der Waals surface area contributed by atoms with Crippen molar-refractivity contribution in [2.24, 2.45) is 0 Å². The summed E-state index contributed by atoms with van der Waals surface area (Å²) in [5.74, 6) is 0. The number of fused-ring (bicyclic) bond motifs is 5. The Morgan fingerprint density at radius 3 is 3.12 bits per heavy atom. The number of nitrogens with one attached hydrogen (secondary N) is 1. The third kappa shape index (κ3) is 0.839. The number of nitrogens with zero attached hydrogens (tertiary/aromatic N) is 2. The van der Waals surface area contributed by atoms with Gasteiger partial charge in [-0.15, -0.1) is 0 Å². The van der Waals surface area contributed by atoms with E-state index in [1.165, 1.54) is 0 Å². The fourth-order valence-corrected chi connectivity index (χ4v) is 2.12. The van der Waals surface area contributed by atoms with Crippen LogP contribution < -0.4 is 0 Å². The molecule has 0 radical (unpaired) electrons. The topological polar surface area (TPSA) is 54.7 Å². The molecule has 0 bridgehead atoms. The van der Waals surface area contributed by atoms with Crippen molar-refractivity contribution >= 4 is 33.1 Å². The first kappa shape index (κ1) is 7.87. The van der Waals surface area contributed by atoms with E-state index >= 15 is 0 Å². The molecule has 0 aliphatic carbocycles. The molecule has 4 aromatic rings. The lowest BCUT2D eigenvalue weighted by Gasteiger charge is -1.88. The van der Waals surface area contributed by atoms with Gasteiger partial charge in [0.2, 0.25) is 5.71 Å². The van der Waals surface area contributed by atoms with Gasteiger partial charge in [-0.25, -0.2) is 4.98 Å². The minimum atomic E-state index is 0.761. The minimum absolute atomic E-state index is 0.761. The van der Waals surface area contributed by atoms with Crippen molar-refractivity contribution in [2.45, 2.75) is 0 Å². The molecule has 4 heteroatoms. The van der Waals surface area contributed by atoms with E-state index in [9.17, 15) is 0 Å². The third-order valence-corrected chi connectivity index (χ3v) is 2.80. The number of rotatable bonds is 0. The van der Waals surface area contributed by atoms with Gasteiger partial charge in [0.1, 0.15) is 5.65 Å². The SMILES string of the molecule is c1cnc2[nH]c3oc4cnccc4c3c2c1. The Bertz CT molecular complexity index is 747. The molecule has 0 amide bonds. The van der Waals surface area contributed by atoms with E-state index in [1.807, 2.05) is 18.2 Å². The van der Waals surface area contributed by atoms with Gasteiger partial charge in [0.15, 0.2) is 5.58 Å². The van der Waals surface area contributed by atoms with Crippen LogP contribution in [-0.4, -0.2) is 15.0 Å². The van der Waals surface area contributed by atoms with Crippen LogP contribution in [0, 0.1) is 0 Å². The number of hydrogen-bond acceptors (Lipinski definition) is 3. The maximum absolute atomic E-state index is 5.68.